The molecule has 3 rings (SSSR count). The molecule has 0 aliphatic carbocycles. The number of benzene rings is 2. The van der Waals surface area contributed by atoms with Crippen LogP contribution in [-0.2, 0) is 19.6 Å². The number of hydrogen-bond acceptors (Lipinski definition) is 8. The van der Waals surface area contributed by atoms with Crippen molar-refractivity contribution in [3.8, 4) is 5.75 Å². The molecular formula is C34H52N4O7S. The van der Waals surface area contributed by atoms with Gasteiger partial charge in [-0.25, -0.2) is 8.42 Å². The molecule has 1 aliphatic rings. The Balaban J connectivity index is 1.92. The second kappa shape index (κ2) is 17.8. The largest absolute Gasteiger partial charge is 0.490 e. The lowest BCUT2D eigenvalue weighted by atomic mass is 10.0. The molecule has 0 bridgehead atoms. The van der Waals surface area contributed by atoms with E-state index in [1.54, 1.807) is 60.4 Å². The lowest BCUT2D eigenvalue weighted by molar-refractivity contribution is -0.116. The minimum atomic E-state index is -3.76. The lowest BCUT2D eigenvalue weighted by Crippen LogP contribution is -2.48. The van der Waals surface area contributed by atoms with E-state index in [1.165, 1.54) is 11.4 Å². The standard InChI is InChI=1S/C34H52N4O7S/c1-25-22-38(26(2)24-39)34(41)30-21-28(35-33(40)16-12-19-36(4)5)17-18-31(30)45-27(3)13-10-11-20-44-32(25)23-37(6)46(42,43)29-14-8-7-9-15-29/h7-9,14-15,17-18,21,25-27,32,39H,10-13,16,19-20,22-24H2,1-6H3,(H,35,40)/t25-,26+,27+,32-/m1/s1. The molecule has 0 saturated heterocycles. The van der Waals surface area contributed by atoms with Crippen LogP contribution < -0.4 is 10.1 Å². The van der Waals surface area contributed by atoms with Gasteiger partial charge < -0.3 is 29.7 Å². The first-order valence-electron chi connectivity index (χ1n) is 16.1. The topological polar surface area (TPSA) is 129 Å². The monoisotopic (exact) mass is 660 g/mol. The molecule has 46 heavy (non-hydrogen) atoms. The first-order valence-corrected chi connectivity index (χ1v) is 17.6. The Bertz CT molecular complexity index is 1370. The van der Waals surface area contributed by atoms with Gasteiger partial charge in [-0.05, 0) is 90.5 Å². The van der Waals surface area contributed by atoms with Crippen LogP contribution in [0.2, 0.25) is 0 Å². The van der Waals surface area contributed by atoms with E-state index in [2.05, 4.69) is 5.32 Å². The van der Waals surface area contributed by atoms with Gasteiger partial charge in [-0.3, -0.25) is 9.59 Å². The number of ether oxygens (including phenoxy) is 2. The van der Waals surface area contributed by atoms with Gasteiger partial charge in [0.1, 0.15) is 5.75 Å². The summed E-state index contributed by atoms with van der Waals surface area (Å²) in [7, 11) is 1.69. The first-order chi connectivity index (χ1) is 21.8. The van der Waals surface area contributed by atoms with Gasteiger partial charge in [0, 0.05) is 44.8 Å². The van der Waals surface area contributed by atoms with Crippen LogP contribution in [0.25, 0.3) is 0 Å². The Morgan fingerprint density at radius 2 is 1.83 bits per heavy atom. The molecule has 0 spiro atoms. The van der Waals surface area contributed by atoms with Crippen LogP contribution in [-0.4, -0.2) is 112 Å². The normalized spacial score (nSPS) is 20.9. The molecule has 2 aromatic rings. The van der Waals surface area contributed by atoms with Crippen molar-refractivity contribution < 1.29 is 32.6 Å². The van der Waals surface area contributed by atoms with Gasteiger partial charge in [0.15, 0.2) is 0 Å². The molecule has 256 valence electrons. The number of aliphatic hydroxyl groups excluding tert-OH is 1. The Labute approximate surface area is 274 Å². The quantitative estimate of drug-likeness (QED) is 0.369. The van der Waals surface area contributed by atoms with E-state index in [0.29, 0.717) is 30.9 Å². The van der Waals surface area contributed by atoms with Crippen molar-refractivity contribution >= 4 is 27.5 Å². The second-order valence-electron chi connectivity index (χ2n) is 12.6. The lowest BCUT2D eigenvalue weighted by Gasteiger charge is -2.35. The van der Waals surface area contributed by atoms with Crippen molar-refractivity contribution in [2.45, 2.75) is 76.0 Å². The molecular weight excluding hydrogens is 608 g/mol. The molecule has 12 heteroatoms. The number of aliphatic hydroxyl groups is 1. The van der Waals surface area contributed by atoms with Crippen LogP contribution in [0.3, 0.4) is 0 Å². The van der Waals surface area contributed by atoms with E-state index in [-0.39, 0.29) is 54.0 Å². The van der Waals surface area contributed by atoms with Crippen LogP contribution in [0.4, 0.5) is 5.69 Å². The highest BCUT2D eigenvalue weighted by Crippen LogP contribution is 2.29. The molecule has 0 radical (unpaired) electrons. The molecule has 0 aromatic heterocycles. The van der Waals surface area contributed by atoms with E-state index >= 15 is 0 Å². The fourth-order valence-corrected chi connectivity index (χ4v) is 6.57. The maximum atomic E-state index is 14.3. The maximum absolute atomic E-state index is 14.3. The third kappa shape index (κ3) is 10.8. The van der Waals surface area contributed by atoms with Gasteiger partial charge in [0.2, 0.25) is 15.9 Å². The van der Waals surface area contributed by atoms with Crippen molar-refractivity contribution in [3.05, 3.63) is 54.1 Å². The van der Waals surface area contributed by atoms with E-state index < -0.39 is 22.2 Å². The summed E-state index contributed by atoms with van der Waals surface area (Å²) in [6.45, 7) is 6.85. The number of amides is 2. The Kier molecular flexibility index (Phi) is 14.5. The maximum Gasteiger partial charge on any atom is 0.258 e. The number of fused-ring (bicyclic) bond motifs is 1. The third-order valence-electron chi connectivity index (χ3n) is 8.23. The van der Waals surface area contributed by atoms with Crippen molar-refractivity contribution in [2.75, 3.05) is 59.3 Å². The number of nitrogens with one attached hydrogen (secondary N) is 1. The summed E-state index contributed by atoms with van der Waals surface area (Å²) in [4.78, 5) is 30.7. The van der Waals surface area contributed by atoms with Crippen LogP contribution >= 0.6 is 0 Å². The second-order valence-corrected chi connectivity index (χ2v) is 14.6. The van der Waals surface area contributed by atoms with Gasteiger partial charge in [-0.15, -0.1) is 0 Å². The summed E-state index contributed by atoms with van der Waals surface area (Å²) < 4.78 is 40.6. The van der Waals surface area contributed by atoms with Gasteiger partial charge in [-0.1, -0.05) is 25.1 Å². The van der Waals surface area contributed by atoms with Crippen LogP contribution in [0.15, 0.2) is 53.4 Å². The molecule has 0 saturated carbocycles. The van der Waals surface area contributed by atoms with Crippen LogP contribution in [0.5, 0.6) is 5.75 Å². The molecule has 1 aliphatic heterocycles. The third-order valence-corrected chi connectivity index (χ3v) is 10.1. The zero-order valence-electron chi connectivity index (χ0n) is 28.1. The molecule has 2 amide bonds. The first kappa shape index (κ1) is 37.4. The number of sulfonamides is 1. The number of anilines is 1. The van der Waals surface area contributed by atoms with Crippen molar-refractivity contribution in [1.29, 1.82) is 0 Å². The molecule has 0 fully saturated rings. The minimum Gasteiger partial charge on any atom is -0.490 e. The van der Waals surface area contributed by atoms with E-state index in [0.717, 1.165) is 25.8 Å². The summed E-state index contributed by atoms with van der Waals surface area (Å²) in [5, 5.41) is 13.1. The van der Waals surface area contributed by atoms with E-state index in [1.807, 2.05) is 32.8 Å². The minimum absolute atomic E-state index is 0.0913. The number of likely N-dealkylation sites (N-methyl/N-ethyl adjacent to an activating group) is 1. The average molecular weight is 661 g/mol. The highest BCUT2D eigenvalue weighted by molar-refractivity contribution is 7.89. The predicted molar refractivity (Wildman–Crippen MR) is 180 cm³/mol. The summed E-state index contributed by atoms with van der Waals surface area (Å²) in [6.07, 6.45) is 2.63. The fourth-order valence-electron chi connectivity index (χ4n) is 5.37. The van der Waals surface area contributed by atoms with Gasteiger partial charge >= 0.3 is 0 Å². The molecule has 2 aromatic carbocycles. The highest BCUT2D eigenvalue weighted by atomic mass is 32.2. The van der Waals surface area contributed by atoms with Crippen LogP contribution in [0, 0.1) is 5.92 Å². The predicted octanol–water partition coefficient (Wildman–Crippen LogP) is 4.08. The summed E-state index contributed by atoms with van der Waals surface area (Å²) in [5.41, 5.74) is 0.765. The molecule has 2 N–H and O–H groups in total. The zero-order chi connectivity index (χ0) is 33.9. The van der Waals surface area contributed by atoms with E-state index in [4.69, 9.17) is 9.47 Å². The molecule has 1 heterocycles. The Morgan fingerprint density at radius 1 is 1.11 bits per heavy atom. The van der Waals surface area contributed by atoms with E-state index in [9.17, 15) is 23.1 Å². The smallest absolute Gasteiger partial charge is 0.258 e. The fraction of sp³-hybridized carbons (Fsp3) is 0.588. The van der Waals surface area contributed by atoms with Gasteiger partial charge in [-0.2, -0.15) is 4.31 Å². The molecule has 0 unspecified atom stereocenters. The summed E-state index contributed by atoms with van der Waals surface area (Å²) >= 11 is 0. The SMILES string of the molecule is C[C@@H]1CN([C@@H](C)CO)C(=O)c2cc(NC(=O)CCCN(C)C)ccc2O[C@@H](C)CCCCO[C@@H]1CN(C)S(=O)(=O)c1ccccc1. The Hall–Kier alpha value is -3.03. The van der Waals surface area contributed by atoms with Crippen molar-refractivity contribution in [2.24, 2.45) is 5.92 Å². The van der Waals surface area contributed by atoms with Gasteiger partial charge in [0.05, 0.1) is 35.3 Å². The van der Waals surface area contributed by atoms with Crippen LogP contribution in [0.1, 0.15) is 63.2 Å². The number of rotatable bonds is 11. The number of nitrogens with zero attached hydrogens (tertiary/aromatic N) is 3. The molecule has 11 nitrogen and oxygen atoms in total. The number of carbonyl (C=O) groups is 2. The number of hydrogen-bond donors (Lipinski definition) is 2. The van der Waals surface area contributed by atoms with Crippen molar-refractivity contribution in [3.63, 3.8) is 0 Å². The summed E-state index contributed by atoms with van der Waals surface area (Å²) in [5.74, 6) is -0.393. The molecule has 4 atom stereocenters. The highest BCUT2D eigenvalue weighted by Gasteiger charge is 2.32. The van der Waals surface area contributed by atoms with Gasteiger partial charge in [0.25, 0.3) is 5.91 Å². The summed E-state index contributed by atoms with van der Waals surface area (Å²) in [6, 6.07) is 12.8. The zero-order valence-corrected chi connectivity index (χ0v) is 29.0. The van der Waals surface area contributed by atoms with Crippen molar-refractivity contribution in [1.82, 2.24) is 14.1 Å². The Morgan fingerprint density at radius 3 is 2.50 bits per heavy atom. The number of carbonyl (C=O) groups excluding carboxylic acids is 2. The average Bonchev–Trinajstić information content (AvgIpc) is 3.02.